The van der Waals surface area contributed by atoms with E-state index < -0.39 is 6.04 Å². The number of nitrogen functional groups attached to an aromatic ring is 3. The topological polar surface area (TPSA) is 78.1 Å². The van der Waals surface area contributed by atoms with E-state index >= 15 is 0 Å². The van der Waals surface area contributed by atoms with Gasteiger partial charge in [-0.15, -0.1) is 0 Å². The molecule has 0 aliphatic carbocycles. The number of anilines is 3. The van der Waals surface area contributed by atoms with Gasteiger partial charge < -0.3 is 17.2 Å². The third kappa shape index (κ3) is 2.61. The summed E-state index contributed by atoms with van der Waals surface area (Å²) in [7, 11) is 0. The zero-order valence-electron chi connectivity index (χ0n) is 12.5. The Kier molecular flexibility index (Phi) is 4.12. The summed E-state index contributed by atoms with van der Waals surface area (Å²) in [6, 6.07) is 20.7. The minimum atomic E-state index is -2.43. The fourth-order valence-electron chi connectivity index (χ4n) is 2.71. The summed E-state index contributed by atoms with van der Waals surface area (Å²) in [5, 5.41) is 2.77. The first-order chi connectivity index (χ1) is 11.0. The summed E-state index contributed by atoms with van der Waals surface area (Å²) in [5.41, 5.74) is 20.8. The molecule has 3 aromatic carbocycles. The Morgan fingerprint density at radius 2 is 0.783 bits per heavy atom. The lowest BCUT2D eigenvalue weighted by molar-refractivity contribution is 1.70. The molecule has 3 aromatic rings. The summed E-state index contributed by atoms with van der Waals surface area (Å²) in [6.45, 7) is 0. The van der Waals surface area contributed by atoms with E-state index in [0.29, 0.717) is 17.1 Å². The molecule has 6 N–H and O–H groups in total. The minimum Gasteiger partial charge on any atom is -0.398 e. The van der Waals surface area contributed by atoms with Crippen molar-refractivity contribution < 1.29 is 0 Å². The average molecular weight is 339 g/mol. The largest absolute Gasteiger partial charge is 0.398 e. The van der Waals surface area contributed by atoms with Crippen LogP contribution in [0, 0.1) is 0 Å². The fraction of sp³-hybridized carbons (Fsp3) is 0. The van der Waals surface area contributed by atoms with Crippen LogP contribution in [0.25, 0.3) is 0 Å². The maximum absolute atomic E-state index is 6.26. The molecular weight excluding hydrogens is 321 g/mol. The number of benzene rings is 3. The lowest BCUT2D eigenvalue weighted by Crippen LogP contribution is -2.29. The Morgan fingerprint density at radius 3 is 1.04 bits per heavy atom. The molecule has 0 heterocycles. The molecule has 3 rings (SSSR count). The molecule has 0 saturated heterocycles. The van der Waals surface area contributed by atoms with Crippen LogP contribution >= 0.6 is 6.04 Å². The van der Waals surface area contributed by atoms with E-state index in [1.165, 1.54) is 0 Å². The number of hydrogen-bond acceptors (Lipinski definition) is 4. The molecule has 3 nitrogen and oxygen atoms in total. The van der Waals surface area contributed by atoms with E-state index in [0.717, 1.165) is 15.9 Å². The highest BCUT2D eigenvalue weighted by atomic mass is 32.4. The van der Waals surface area contributed by atoms with Crippen molar-refractivity contribution in [1.29, 1.82) is 0 Å². The van der Waals surface area contributed by atoms with Gasteiger partial charge in [-0.2, -0.15) is 0 Å². The summed E-state index contributed by atoms with van der Waals surface area (Å²) < 4.78 is 0. The van der Waals surface area contributed by atoms with Gasteiger partial charge in [-0.25, -0.2) is 0 Å². The maximum Gasteiger partial charge on any atom is 0.0440 e. The Bertz CT molecular complexity index is 790. The summed E-state index contributed by atoms with van der Waals surface area (Å²) >= 11 is 6.24. The lowest BCUT2D eigenvalue weighted by Gasteiger charge is -2.27. The van der Waals surface area contributed by atoms with Crippen LogP contribution in [-0.2, 0) is 11.8 Å². The van der Waals surface area contributed by atoms with Crippen LogP contribution in [0.4, 0.5) is 17.1 Å². The van der Waals surface area contributed by atoms with Crippen molar-refractivity contribution in [2.24, 2.45) is 0 Å². The predicted molar refractivity (Wildman–Crippen MR) is 106 cm³/mol. The maximum atomic E-state index is 6.26. The first-order valence-electron chi connectivity index (χ1n) is 7.20. The second-order valence-corrected chi connectivity index (χ2v) is 9.59. The van der Waals surface area contributed by atoms with Gasteiger partial charge >= 0.3 is 0 Å². The molecule has 5 heteroatoms. The van der Waals surface area contributed by atoms with Gasteiger partial charge in [0, 0.05) is 39.0 Å². The van der Waals surface area contributed by atoms with E-state index in [4.69, 9.17) is 29.0 Å². The fourth-order valence-corrected chi connectivity index (χ4v) is 7.19. The summed E-state index contributed by atoms with van der Waals surface area (Å²) in [5.74, 6) is 0. The molecule has 0 atom stereocenters. The third-order valence-electron chi connectivity index (χ3n) is 3.83. The predicted octanol–water partition coefficient (Wildman–Crippen LogP) is 2.19. The Labute approximate surface area is 141 Å². The van der Waals surface area contributed by atoms with E-state index in [-0.39, 0.29) is 0 Å². The highest BCUT2D eigenvalue weighted by Gasteiger charge is 2.29. The number of para-hydroxylation sites is 3. The molecule has 23 heavy (non-hydrogen) atoms. The van der Waals surface area contributed by atoms with Gasteiger partial charge in [0.2, 0.25) is 0 Å². The molecule has 0 bridgehead atoms. The SMILES string of the molecule is Nc1ccccc1P(=S)(c1ccccc1N)c1ccccc1N. The number of rotatable bonds is 3. The van der Waals surface area contributed by atoms with Gasteiger partial charge in [0.15, 0.2) is 0 Å². The van der Waals surface area contributed by atoms with Crippen molar-refractivity contribution in [1.82, 2.24) is 0 Å². The van der Waals surface area contributed by atoms with Crippen molar-refractivity contribution >= 4 is 50.8 Å². The Hall–Kier alpha value is -2.29. The van der Waals surface area contributed by atoms with E-state index in [2.05, 4.69) is 0 Å². The van der Waals surface area contributed by atoms with Crippen LogP contribution in [0.15, 0.2) is 72.8 Å². The summed E-state index contributed by atoms with van der Waals surface area (Å²) in [6.07, 6.45) is 0. The average Bonchev–Trinajstić information content (AvgIpc) is 2.55. The molecule has 0 radical (unpaired) electrons. The first kappa shape index (κ1) is 15.6. The van der Waals surface area contributed by atoms with Crippen LogP contribution in [0.1, 0.15) is 0 Å². The molecule has 0 saturated carbocycles. The second-order valence-electron chi connectivity index (χ2n) is 5.29. The van der Waals surface area contributed by atoms with Gasteiger partial charge in [-0.05, 0) is 18.2 Å². The van der Waals surface area contributed by atoms with Crippen LogP contribution in [0.5, 0.6) is 0 Å². The Morgan fingerprint density at radius 1 is 0.522 bits per heavy atom. The molecule has 0 aliphatic rings. The summed E-state index contributed by atoms with van der Waals surface area (Å²) in [4.78, 5) is 0. The smallest absolute Gasteiger partial charge is 0.0440 e. The number of nitrogens with two attached hydrogens (primary N) is 3. The van der Waals surface area contributed by atoms with E-state index in [1.807, 2.05) is 72.8 Å². The minimum absolute atomic E-state index is 0.669. The highest BCUT2D eigenvalue weighted by molar-refractivity contribution is 8.25. The molecule has 116 valence electrons. The van der Waals surface area contributed by atoms with Gasteiger partial charge in [0.05, 0.1) is 0 Å². The first-order valence-corrected chi connectivity index (χ1v) is 10.0. The molecule has 0 aromatic heterocycles. The van der Waals surface area contributed by atoms with Gasteiger partial charge in [0.1, 0.15) is 0 Å². The highest BCUT2D eigenvalue weighted by Crippen LogP contribution is 2.47. The molecule has 0 unspecified atom stereocenters. The molecule has 0 fully saturated rings. The quantitative estimate of drug-likeness (QED) is 0.505. The van der Waals surface area contributed by atoms with Crippen molar-refractivity contribution in [3.8, 4) is 0 Å². The Balaban J connectivity index is 2.41. The second kappa shape index (κ2) is 6.07. The van der Waals surface area contributed by atoms with Gasteiger partial charge in [-0.1, -0.05) is 66.4 Å². The molecular formula is C18H18N3PS. The van der Waals surface area contributed by atoms with E-state index in [1.54, 1.807) is 0 Å². The van der Waals surface area contributed by atoms with Crippen molar-refractivity contribution in [3.63, 3.8) is 0 Å². The molecule has 0 spiro atoms. The zero-order valence-corrected chi connectivity index (χ0v) is 14.2. The lowest BCUT2D eigenvalue weighted by atomic mass is 10.3. The van der Waals surface area contributed by atoms with Crippen molar-refractivity contribution in [2.45, 2.75) is 0 Å². The zero-order chi connectivity index (χ0) is 16.4. The number of hydrogen-bond donors (Lipinski definition) is 3. The van der Waals surface area contributed by atoms with Crippen LogP contribution in [0.3, 0.4) is 0 Å². The molecule has 0 amide bonds. The van der Waals surface area contributed by atoms with Crippen molar-refractivity contribution in [3.05, 3.63) is 72.8 Å². The third-order valence-corrected chi connectivity index (χ3v) is 8.86. The van der Waals surface area contributed by atoms with Gasteiger partial charge in [0.25, 0.3) is 0 Å². The monoisotopic (exact) mass is 339 g/mol. The molecule has 0 aliphatic heterocycles. The van der Waals surface area contributed by atoms with Crippen molar-refractivity contribution in [2.75, 3.05) is 17.2 Å². The van der Waals surface area contributed by atoms with Gasteiger partial charge in [-0.3, -0.25) is 0 Å². The van der Waals surface area contributed by atoms with Crippen LogP contribution < -0.4 is 33.1 Å². The van der Waals surface area contributed by atoms with E-state index in [9.17, 15) is 0 Å². The van der Waals surface area contributed by atoms with Crippen LogP contribution in [-0.4, -0.2) is 0 Å². The normalized spacial score (nSPS) is 11.3. The standard InChI is InChI=1S/C18H18N3PS/c19-13-7-1-4-10-16(13)22(23,17-11-5-2-8-14(17)20)18-12-6-3-9-15(18)21/h1-12H,19-21H2. The van der Waals surface area contributed by atoms with Crippen LogP contribution in [0.2, 0.25) is 0 Å².